The van der Waals surface area contributed by atoms with Crippen LogP contribution >= 0.6 is 0 Å². The summed E-state index contributed by atoms with van der Waals surface area (Å²) < 4.78 is 0. The quantitative estimate of drug-likeness (QED) is 0.222. The topological polar surface area (TPSA) is 0 Å². The maximum atomic E-state index is 2.39. The number of benzene rings is 4. The fraction of sp³-hybridized carbons (Fsp3) is 0.314. The molecule has 0 atom stereocenters. The molecule has 0 unspecified atom stereocenters. The molecule has 0 heteroatoms. The maximum Gasteiger partial charge on any atom is -0.00230 e. The number of rotatable bonds is 10. The minimum Gasteiger partial charge on any atom is -0.0613 e. The van der Waals surface area contributed by atoms with E-state index in [1.54, 1.807) is 0 Å². The molecule has 0 fully saturated rings. The molecular formula is C35H40. The average molecular weight is 461 g/mol. The fourth-order valence-electron chi connectivity index (χ4n) is 5.03. The standard InChI is InChI=1S/C35H40/c1-5-26-17-19-34(32(7-3)22-26)24-30-13-9-28(10-14-30)21-29-11-15-31(16-12-29)25-35-20-18-27(6-2)23-33(35)8-4/h9-20,22-23H,5-8,21,24-25H2,1-4H3. The van der Waals surface area contributed by atoms with E-state index in [0.29, 0.717) is 0 Å². The summed E-state index contributed by atoms with van der Waals surface area (Å²) in [5.74, 6) is 0. The number of hydrogen-bond acceptors (Lipinski definition) is 0. The van der Waals surface area contributed by atoms with Crippen LogP contribution in [0.3, 0.4) is 0 Å². The van der Waals surface area contributed by atoms with Gasteiger partial charge in [0.1, 0.15) is 0 Å². The van der Waals surface area contributed by atoms with Gasteiger partial charge in [0.15, 0.2) is 0 Å². The van der Waals surface area contributed by atoms with Crippen LogP contribution in [0.4, 0.5) is 0 Å². The number of hydrogen-bond donors (Lipinski definition) is 0. The molecule has 0 aliphatic rings. The predicted octanol–water partition coefficient (Wildman–Crippen LogP) is 8.71. The lowest BCUT2D eigenvalue weighted by Gasteiger charge is -2.12. The van der Waals surface area contributed by atoms with Crippen LogP contribution in [0.1, 0.15) is 83.3 Å². The monoisotopic (exact) mass is 460 g/mol. The van der Waals surface area contributed by atoms with Gasteiger partial charge in [-0.15, -0.1) is 0 Å². The van der Waals surface area contributed by atoms with Gasteiger partial charge in [-0.25, -0.2) is 0 Å². The van der Waals surface area contributed by atoms with E-state index in [4.69, 9.17) is 0 Å². The molecule has 0 amide bonds. The largest absolute Gasteiger partial charge is 0.0613 e. The highest BCUT2D eigenvalue weighted by Crippen LogP contribution is 2.21. The summed E-state index contributed by atoms with van der Waals surface area (Å²) in [5.41, 5.74) is 14.3. The second-order valence-corrected chi connectivity index (χ2v) is 9.78. The smallest absolute Gasteiger partial charge is 0.00230 e. The van der Waals surface area contributed by atoms with E-state index in [1.807, 2.05) is 0 Å². The van der Waals surface area contributed by atoms with Crippen molar-refractivity contribution in [2.24, 2.45) is 0 Å². The minimum atomic E-state index is 0.984. The van der Waals surface area contributed by atoms with Crippen LogP contribution in [0.25, 0.3) is 0 Å². The zero-order valence-corrected chi connectivity index (χ0v) is 22.0. The lowest BCUT2D eigenvalue weighted by molar-refractivity contribution is 1.03. The van der Waals surface area contributed by atoms with Crippen LogP contribution in [-0.4, -0.2) is 0 Å². The molecule has 0 heterocycles. The van der Waals surface area contributed by atoms with Crippen LogP contribution < -0.4 is 0 Å². The molecule has 0 bridgehead atoms. The molecule has 35 heavy (non-hydrogen) atoms. The molecule has 0 nitrogen and oxygen atoms in total. The molecule has 4 rings (SSSR count). The average Bonchev–Trinajstić information content (AvgIpc) is 2.91. The number of aryl methyl sites for hydroxylation is 4. The highest BCUT2D eigenvalue weighted by Gasteiger charge is 2.06. The molecule has 0 saturated carbocycles. The van der Waals surface area contributed by atoms with Crippen LogP contribution in [0.5, 0.6) is 0 Å². The highest BCUT2D eigenvalue weighted by molar-refractivity contribution is 5.39. The van der Waals surface area contributed by atoms with Gasteiger partial charge in [-0.05, 0) is 101 Å². The van der Waals surface area contributed by atoms with Crippen molar-refractivity contribution in [1.29, 1.82) is 0 Å². The Bertz CT molecular complexity index is 1130. The molecule has 4 aromatic carbocycles. The Hall–Kier alpha value is -3.12. The van der Waals surface area contributed by atoms with E-state index in [-0.39, 0.29) is 0 Å². The van der Waals surface area contributed by atoms with Gasteiger partial charge in [-0.2, -0.15) is 0 Å². The summed E-state index contributed by atoms with van der Waals surface area (Å²) in [6, 6.07) is 32.5. The van der Waals surface area contributed by atoms with Gasteiger partial charge in [0.25, 0.3) is 0 Å². The minimum absolute atomic E-state index is 0.984. The molecule has 0 saturated heterocycles. The molecule has 0 aromatic heterocycles. The van der Waals surface area contributed by atoms with Gasteiger partial charge in [0.05, 0.1) is 0 Å². The first kappa shape index (κ1) is 25.0. The second-order valence-electron chi connectivity index (χ2n) is 9.78. The van der Waals surface area contributed by atoms with E-state index in [1.165, 1.54) is 55.6 Å². The van der Waals surface area contributed by atoms with E-state index in [9.17, 15) is 0 Å². The van der Waals surface area contributed by atoms with Crippen LogP contribution in [-0.2, 0) is 44.9 Å². The zero-order chi connectivity index (χ0) is 24.6. The van der Waals surface area contributed by atoms with Crippen molar-refractivity contribution in [2.75, 3.05) is 0 Å². The summed E-state index contributed by atoms with van der Waals surface area (Å²) in [6.45, 7) is 8.98. The molecule has 180 valence electrons. The van der Waals surface area contributed by atoms with Gasteiger partial charge >= 0.3 is 0 Å². The van der Waals surface area contributed by atoms with Gasteiger partial charge in [-0.3, -0.25) is 0 Å². The Morgan fingerprint density at radius 3 is 0.943 bits per heavy atom. The second kappa shape index (κ2) is 12.0. The third kappa shape index (κ3) is 6.51. The summed E-state index contributed by atoms with van der Waals surface area (Å²) >= 11 is 0. The van der Waals surface area contributed by atoms with E-state index in [2.05, 4.69) is 113 Å². The Kier molecular flexibility index (Phi) is 8.59. The first-order valence-electron chi connectivity index (χ1n) is 13.5. The Morgan fingerprint density at radius 2 is 0.629 bits per heavy atom. The molecule has 0 N–H and O–H groups in total. The van der Waals surface area contributed by atoms with Crippen molar-refractivity contribution >= 4 is 0 Å². The lowest BCUT2D eigenvalue weighted by Crippen LogP contribution is -1.98. The molecule has 0 radical (unpaired) electrons. The third-order valence-electron chi connectivity index (χ3n) is 7.36. The molecule has 0 spiro atoms. The van der Waals surface area contributed by atoms with E-state index < -0.39 is 0 Å². The molecule has 0 aliphatic carbocycles. The molecular weight excluding hydrogens is 420 g/mol. The maximum absolute atomic E-state index is 2.39. The van der Waals surface area contributed by atoms with Gasteiger partial charge in [0, 0.05) is 0 Å². The van der Waals surface area contributed by atoms with Crippen molar-refractivity contribution in [3.8, 4) is 0 Å². The zero-order valence-electron chi connectivity index (χ0n) is 22.0. The van der Waals surface area contributed by atoms with Crippen LogP contribution in [0.15, 0.2) is 84.9 Å². The highest BCUT2D eigenvalue weighted by atomic mass is 14.1. The van der Waals surface area contributed by atoms with Gasteiger partial charge in [-0.1, -0.05) is 113 Å². The normalized spacial score (nSPS) is 11.1. The lowest BCUT2D eigenvalue weighted by atomic mass is 9.94. The Balaban J connectivity index is 1.39. The summed E-state index contributed by atoms with van der Waals surface area (Å²) in [5, 5.41) is 0. The molecule has 0 aliphatic heterocycles. The first-order valence-corrected chi connectivity index (χ1v) is 13.5. The summed E-state index contributed by atoms with van der Waals surface area (Å²) in [4.78, 5) is 0. The Morgan fingerprint density at radius 1 is 0.314 bits per heavy atom. The Labute approximate surface area is 213 Å². The summed E-state index contributed by atoms with van der Waals surface area (Å²) in [7, 11) is 0. The van der Waals surface area contributed by atoms with E-state index in [0.717, 1.165) is 44.9 Å². The van der Waals surface area contributed by atoms with Gasteiger partial charge < -0.3 is 0 Å². The van der Waals surface area contributed by atoms with Crippen molar-refractivity contribution in [3.63, 3.8) is 0 Å². The summed E-state index contributed by atoms with van der Waals surface area (Å²) in [6.07, 6.45) is 7.42. The van der Waals surface area contributed by atoms with Crippen molar-refractivity contribution < 1.29 is 0 Å². The van der Waals surface area contributed by atoms with Crippen LogP contribution in [0, 0.1) is 0 Å². The van der Waals surface area contributed by atoms with Crippen molar-refractivity contribution in [1.82, 2.24) is 0 Å². The van der Waals surface area contributed by atoms with Crippen molar-refractivity contribution in [3.05, 3.63) is 141 Å². The van der Waals surface area contributed by atoms with Crippen molar-refractivity contribution in [2.45, 2.75) is 72.6 Å². The SMILES string of the molecule is CCc1ccc(Cc2ccc(Cc3ccc(Cc4ccc(CC)cc4CC)cc3)cc2)c(CC)c1. The predicted molar refractivity (Wildman–Crippen MR) is 152 cm³/mol. The fourth-order valence-corrected chi connectivity index (χ4v) is 5.03. The van der Waals surface area contributed by atoms with Crippen LogP contribution in [0.2, 0.25) is 0 Å². The van der Waals surface area contributed by atoms with Gasteiger partial charge in [0.2, 0.25) is 0 Å². The third-order valence-corrected chi connectivity index (χ3v) is 7.36. The van der Waals surface area contributed by atoms with E-state index >= 15 is 0 Å². The first-order chi connectivity index (χ1) is 17.1. The molecule has 4 aromatic rings.